The molecule has 11 nitrogen and oxygen atoms in total. The normalized spacial score (nSPS) is 38.3. The van der Waals surface area contributed by atoms with Gasteiger partial charge in [0.15, 0.2) is 12.6 Å². The van der Waals surface area contributed by atoms with E-state index in [1.54, 1.807) is 13.8 Å². The van der Waals surface area contributed by atoms with Gasteiger partial charge in [0.2, 0.25) is 5.91 Å². The molecule has 2 aliphatic rings. The van der Waals surface area contributed by atoms with Crippen LogP contribution in [-0.2, 0) is 28.5 Å². The lowest BCUT2D eigenvalue weighted by Gasteiger charge is -2.47. The molecule has 0 saturated carbocycles. The lowest BCUT2D eigenvalue weighted by molar-refractivity contribution is -0.349. The second-order valence-corrected chi connectivity index (χ2v) is 10.4. The van der Waals surface area contributed by atoms with E-state index in [2.05, 4.69) is 17.9 Å². The van der Waals surface area contributed by atoms with Crippen molar-refractivity contribution in [1.82, 2.24) is 5.32 Å². The second kappa shape index (κ2) is 13.8. The number of aliphatic hydroxyl groups is 4. The van der Waals surface area contributed by atoms with Crippen LogP contribution in [0.15, 0.2) is 0 Å². The molecule has 206 valence electrons. The minimum absolute atomic E-state index is 0.158. The van der Waals surface area contributed by atoms with Crippen LogP contribution in [-0.4, -0.2) is 113 Å². The number of nitrogens with one attached hydrogen (secondary N) is 1. The highest BCUT2D eigenvalue weighted by Crippen LogP contribution is 2.30. The summed E-state index contributed by atoms with van der Waals surface area (Å²) in [6, 6.07) is -0.827. The number of methoxy groups -OCH3 is 1. The number of hydrogen-bond donors (Lipinski definition) is 6. The highest BCUT2D eigenvalue weighted by atomic mass is 32.1. The lowest BCUT2D eigenvalue weighted by Crippen LogP contribution is -2.66. The summed E-state index contributed by atoms with van der Waals surface area (Å²) in [7, 11) is 1.36. The number of hydrogen-bond acceptors (Lipinski definition) is 11. The van der Waals surface area contributed by atoms with E-state index >= 15 is 0 Å². The summed E-state index contributed by atoms with van der Waals surface area (Å²) in [5.74, 6) is 0.336. The number of unbranched alkanes of at least 4 members (excludes halogenated alkanes) is 2. The van der Waals surface area contributed by atoms with Crippen molar-refractivity contribution in [2.75, 3.05) is 19.5 Å². The Balaban J connectivity index is 2.04. The molecule has 0 aliphatic carbocycles. The van der Waals surface area contributed by atoms with Gasteiger partial charge in [0, 0.05) is 13.7 Å². The summed E-state index contributed by atoms with van der Waals surface area (Å²) in [6.45, 7) is 6.68. The first-order valence-corrected chi connectivity index (χ1v) is 12.8. The summed E-state index contributed by atoms with van der Waals surface area (Å²) in [5.41, 5.74) is -1.21. The van der Waals surface area contributed by atoms with Crippen molar-refractivity contribution in [1.29, 1.82) is 0 Å². The molecule has 1 amide bonds. The summed E-state index contributed by atoms with van der Waals surface area (Å²) >= 11 is 4.18. The highest BCUT2D eigenvalue weighted by molar-refractivity contribution is 7.80. The van der Waals surface area contributed by atoms with Crippen molar-refractivity contribution in [3.63, 3.8) is 0 Å². The van der Waals surface area contributed by atoms with Crippen LogP contribution in [0.5, 0.6) is 0 Å². The summed E-state index contributed by atoms with van der Waals surface area (Å²) < 4.78 is 28.6. The van der Waals surface area contributed by atoms with E-state index in [0.717, 1.165) is 25.0 Å². The standard InChI is InChI=1S/C23H43NO10S/c1-12-15(24-14(25)11-23(3,4)29)17(27)20(30-5)22(32-12)34-19-16(26)13(2)33-21(18(19)28)31-9-7-6-8-10-35/h12-13,15-22,26-29,35H,6-11H2,1-5H3,(H,24,25)/t12-,13+,15-,16+,17+,18-,19-,20-,21-,22+/m1/s1. The first-order chi connectivity index (χ1) is 16.4. The first kappa shape index (κ1) is 30.7. The van der Waals surface area contributed by atoms with Gasteiger partial charge in [-0.2, -0.15) is 12.6 Å². The zero-order valence-electron chi connectivity index (χ0n) is 21.2. The minimum atomic E-state index is -1.32. The molecule has 2 rings (SSSR count). The number of thiol groups is 1. The van der Waals surface area contributed by atoms with Crippen LogP contribution >= 0.6 is 12.6 Å². The lowest BCUT2D eigenvalue weighted by atomic mass is 9.95. The van der Waals surface area contributed by atoms with Crippen LogP contribution in [0, 0.1) is 0 Å². The predicted molar refractivity (Wildman–Crippen MR) is 129 cm³/mol. The van der Waals surface area contributed by atoms with Crippen molar-refractivity contribution in [3.8, 4) is 0 Å². The molecule has 5 N–H and O–H groups in total. The smallest absolute Gasteiger partial charge is 0.223 e. The van der Waals surface area contributed by atoms with E-state index in [-0.39, 0.29) is 6.42 Å². The Kier molecular flexibility index (Phi) is 12.1. The monoisotopic (exact) mass is 525 g/mol. The quantitative estimate of drug-likeness (QED) is 0.148. The molecule has 0 aromatic rings. The van der Waals surface area contributed by atoms with Crippen molar-refractivity contribution >= 4 is 18.5 Å². The van der Waals surface area contributed by atoms with Crippen LogP contribution in [0.4, 0.5) is 0 Å². The van der Waals surface area contributed by atoms with Crippen molar-refractivity contribution in [3.05, 3.63) is 0 Å². The van der Waals surface area contributed by atoms with Gasteiger partial charge in [-0.25, -0.2) is 0 Å². The maximum Gasteiger partial charge on any atom is 0.223 e. The zero-order valence-corrected chi connectivity index (χ0v) is 22.1. The third-order valence-corrected chi connectivity index (χ3v) is 6.49. The van der Waals surface area contributed by atoms with Gasteiger partial charge in [-0.1, -0.05) is 6.42 Å². The molecule has 2 saturated heterocycles. The Morgan fingerprint density at radius 1 is 0.971 bits per heavy atom. The van der Waals surface area contributed by atoms with Crippen LogP contribution in [0.25, 0.3) is 0 Å². The molecule has 0 aromatic heterocycles. The van der Waals surface area contributed by atoms with Gasteiger partial charge in [-0.3, -0.25) is 4.79 Å². The molecule has 35 heavy (non-hydrogen) atoms. The van der Waals surface area contributed by atoms with Crippen LogP contribution in [0.3, 0.4) is 0 Å². The molecule has 0 aromatic carbocycles. The second-order valence-electron chi connectivity index (χ2n) is 9.93. The van der Waals surface area contributed by atoms with E-state index in [9.17, 15) is 25.2 Å². The fourth-order valence-electron chi connectivity index (χ4n) is 4.25. The van der Waals surface area contributed by atoms with E-state index in [1.165, 1.54) is 21.0 Å². The van der Waals surface area contributed by atoms with E-state index in [0.29, 0.717) is 6.61 Å². The Hall–Kier alpha value is -0.540. The van der Waals surface area contributed by atoms with Crippen LogP contribution in [0.2, 0.25) is 0 Å². The van der Waals surface area contributed by atoms with E-state index < -0.39 is 72.9 Å². The number of carbonyl (C=O) groups is 1. The van der Waals surface area contributed by atoms with Gasteiger partial charge in [-0.15, -0.1) is 0 Å². The maximum atomic E-state index is 12.3. The number of aliphatic hydroxyl groups excluding tert-OH is 3. The molecule has 2 aliphatic heterocycles. The zero-order chi connectivity index (χ0) is 26.3. The summed E-state index contributed by atoms with van der Waals surface area (Å²) in [5, 5.41) is 45.0. The van der Waals surface area contributed by atoms with Gasteiger partial charge in [0.05, 0.1) is 30.3 Å². The molecule has 12 heteroatoms. The molecular formula is C23H43NO10S. The molecule has 0 unspecified atom stereocenters. The number of rotatable bonds is 12. The molecule has 0 bridgehead atoms. The topological polar surface area (TPSA) is 156 Å². The van der Waals surface area contributed by atoms with Crippen molar-refractivity contribution in [2.45, 2.75) is 120 Å². The Bertz CT molecular complexity index is 650. The van der Waals surface area contributed by atoms with Crippen LogP contribution in [0.1, 0.15) is 53.4 Å². The van der Waals surface area contributed by atoms with Gasteiger partial charge in [0.1, 0.15) is 30.5 Å². The molecular weight excluding hydrogens is 482 g/mol. The fraction of sp³-hybridized carbons (Fsp3) is 0.957. The largest absolute Gasteiger partial charge is 0.390 e. The molecule has 2 fully saturated rings. The first-order valence-electron chi connectivity index (χ1n) is 12.2. The average molecular weight is 526 g/mol. The predicted octanol–water partition coefficient (Wildman–Crippen LogP) is -0.279. The van der Waals surface area contributed by atoms with Crippen molar-refractivity contribution in [2.24, 2.45) is 0 Å². The number of amides is 1. The fourth-order valence-corrected chi connectivity index (χ4v) is 4.47. The maximum absolute atomic E-state index is 12.3. The Morgan fingerprint density at radius 3 is 2.23 bits per heavy atom. The van der Waals surface area contributed by atoms with Crippen molar-refractivity contribution < 1.29 is 48.9 Å². The minimum Gasteiger partial charge on any atom is -0.390 e. The van der Waals surface area contributed by atoms with Gasteiger partial charge < -0.3 is 49.4 Å². The van der Waals surface area contributed by atoms with Crippen LogP contribution < -0.4 is 5.32 Å². The third kappa shape index (κ3) is 8.77. The molecule has 0 radical (unpaired) electrons. The molecule has 2 heterocycles. The van der Waals surface area contributed by atoms with E-state index in [1.807, 2.05) is 0 Å². The van der Waals surface area contributed by atoms with Gasteiger partial charge in [-0.05, 0) is 46.3 Å². The number of carbonyl (C=O) groups excluding carboxylic acids is 1. The Labute approximate surface area is 212 Å². The average Bonchev–Trinajstić information content (AvgIpc) is 2.76. The van der Waals surface area contributed by atoms with Gasteiger partial charge in [0.25, 0.3) is 0 Å². The SMILES string of the molecule is CO[C@H]1[C@H](O[C@@H]2[C@@H](O)[C@H](C)O[C@@H](OCCCCCS)[C@@H]2O)O[C@H](C)[C@@H](NC(=O)CC(C)(C)O)[C@@H]1O. The highest BCUT2D eigenvalue weighted by Gasteiger charge is 2.50. The summed E-state index contributed by atoms with van der Waals surface area (Å²) in [4.78, 5) is 12.3. The third-order valence-electron chi connectivity index (χ3n) is 6.18. The molecule has 10 atom stereocenters. The molecule has 0 spiro atoms. The Morgan fingerprint density at radius 2 is 1.63 bits per heavy atom. The summed E-state index contributed by atoms with van der Waals surface area (Å²) in [6.07, 6.45) is -6.92. The number of ether oxygens (including phenoxy) is 5. The van der Waals surface area contributed by atoms with Gasteiger partial charge >= 0.3 is 0 Å². The van der Waals surface area contributed by atoms with E-state index in [4.69, 9.17) is 23.7 Å².